The summed E-state index contributed by atoms with van der Waals surface area (Å²) < 4.78 is 6.05. The zero-order chi connectivity index (χ0) is 16.2. The molecule has 5 heteroatoms. The lowest BCUT2D eigenvalue weighted by Crippen LogP contribution is -2.46. The quantitative estimate of drug-likeness (QED) is 0.765. The van der Waals surface area contributed by atoms with E-state index in [2.05, 4.69) is 64.4 Å². The Balaban J connectivity index is 0.00000121. The number of anilines is 1. The SMILES string of the molecule is Cl.Cl.c1ccc(N2CCN(CCC3OCCc4ccccc43)CC2)cc1. The van der Waals surface area contributed by atoms with Crippen LogP contribution in [-0.2, 0) is 11.2 Å². The zero-order valence-corrected chi connectivity index (χ0v) is 16.7. The Kier molecular flexibility index (Phi) is 8.23. The van der Waals surface area contributed by atoms with Gasteiger partial charge in [0.2, 0.25) is 0 Å². The number of benzene rings is 2. The summed E-state index contributed by atoms with van der Waals surface area (Å²) in [5.41, 5.74) is 4.23. The zero-order valence-electron chi connectivity index (χ0n) is 15.0. The highest BCUT2D eigenvalue weighted by Crippen LogP contribution is 2.29. The average Bonchev–Trinajstić information content (AvgIpc) is 2.67. The van der Waals surface area contributed by atoms with E-state index in [-0.39, 0.29) is 30.9 Å². The van der Waals surface area contributed by atoms with Gasteiger partial charge in [-0.2, -0.15) is 0 Å². The predicted octanol–water partition coefficient (Wildman–Crippen LogP) is 4.36. The van der Waals surface area contributed by atoms with Gasteiger partial charge in [-0.15, -0.1) is 24.8 Å². The summed E-state index contributed by atoms with van der Waals surface area (Å²) in [6, 6.07) is 19.5. The molecule has 3 nitrogen and oxygen atoms in total. The Hall–Kier alpha value is -1.26. The van der Waals surface area contributed by atoms with Gasteiger partial charge in [0.15, 0.2) is 0 Å². The molecule has 1 atom stereocenters. The van der Waals surface area contributed by atoms with Gasteiger partial charge in [-0.3, -0.25) is 4.90 Å². The first kappa shape index (κ1) is 21.0. The van der Waals surface area contributed by atoms with Gasteiger partial charge in [0.1, 0.15) is 0 Å². The van der Waals surface area contributed by atoms with E-state index in [9.17, 15) is 0 Å². The van der Waals surface area contributed by atoms with Gasteiger partial charge in [-0.05, 0) is 36.1 Å². The van der Waals surface area contributed by atoms with Crippen LogP contribution < -0.4 is 4.90 Å². The molecule has 1 fully saturated rings. The minimum atomic E-state index is 0. The summed E-state index contributed by atoms with van der Waals surface area (Å²) in [7, 11) is 0. The number of ether oxygens (including phenoxy) is 1. The molecule has 2 heterocycles. The molecule has 2 aromatic rings. The summed E-state index contributed by atoms with van der Waals surface area (Å²) in [6.07, 6.45) is 2.44. The highest BCUT2D eigenvalue weighted by Gasteiger charge is 2.22. The summed E-state index contributed by atoms with van der Waals surface area (Å²) in [4.78, 5) is 5.07. The number of para-hydroxylation sites is 1. The van der Waals surface area contributed by atoms with Crippen LogP contribution in [0.4, 0.5) is 5.69 Å². The fraction of sp³-hybridized carbons (Fsp3) is 0.429. The Morgan fingerprint density at radius 3 is 2.31 bits per heavy atom. The van der Waals surface area contributed by atoms with Crippen LogP contribution in [-0.4, -0.2) is 44.2 Å². The molecule has 0 saturated carbocycles. The maximum atomic E-state index is 6.05. The Morgan fingerprint density at radius 2 is 1.54 bits per heavy atom. The molecular weight excluding hydrogens is 367 g/mol. The van der Waals surface area contributed by atoms with Crippen LogP contribution in [0, 0.1) is 0 Å². The minimum Gasteiger partial charge on any atom is -0.373 e. The van der Waals surface area contributed by atoms with Crippen LogP contribution in [0.3, 0.4) is 0 Å². The lowest BCUT2D eigenvalue weighted by molar-refractivity contribution is 0.0289. The van der Waals surface area contributed by atoms with Crippen LogP contribution in [0.5, 0.6) is 0 Å². The molecule has 1 saturated heterocycles. The summed E-state index contributed by atoms with van der Waals surface area (Å²) in [6.45, 7) is 6.51. The van der Waals surface area contributed by atoms with E-state index in [0.29, 0.717) is 0 Å². The number of rotatable bonds is 4. The van der Waals surface area contributed by atoms with Crippen LogP contribution in [0.2, 0.25) is 0 Å². The van der Waals surface area contributed by atoms with E-state index < -0.39 is 0 Å². The standard InChI is InChI=1S/C21H26N2O.2ClH/c1-2-7-19(8-3-1)23-15-13-22(14-16-23)12-10-21-20-9-5-4-6-18(20)11-17-24-21;;/h1-9,21H,10-17H2;2*1H. The summed E-state index contributed by atoms with van der Waals surface area (Å²) >= 11 is 0. The molecule has 0 amide bonds. The molecule has 0 aromatic heterocycles. The van der Waals surface area contributed by atoms with E-state index in [1.165, 1.54) is 16.8 Å². The van der Waals surface area contributed by atoms with Crippen LogP contribution in [0.25, 0.3) is 0 Å². The second-order valence-corrected chi connectivity index (χ2v) is 6.76. The average molecular weight is 395 g/mol. The van der Waals surface area contributed by atoms with Gasteiger partial charge in [0, 0.05) is 38.4 Å². The van der Waals surface area contributed by atoms with Crippen molar-refractivity contribution in [2.75, 3.05) is 44.2 Å². The summed E-state index contributed by atoms with van der Waals surface area (Å²) in [5, 5.41) is 0. The van der Waals surface area contributed by atoms with Gasteiger partial charge >= 0.3 is 0 Å². The fourth-order valence-electron chi connectivity index (χ4n) is 3.88. The number of nitrogens with zero attached hydrogens (tertiary/aromatic N) is 2. The molecule has 1 unspecified atom stereocenters. The van der Waals surface area contributed by atoms with E-state index in [1.807, 2.05) is 0 Å². The number of piperazine rings is 1. The molecule has 2 aromatic carbocycles. The number of fused-ring (bicyclic) bond motifs is 1. The third kappa shape index (κ3) is 4.92. The maximum absolute atomic E-state index is 6.05. The van der Waals surface area contributed by atoms with Crippen molar-refractivity contribution >= 4 is 30.5 Å². The smallest absolute Gasteiger partial charge is 0.0839 e. The van der Waals surface area contributed by atoms with E-state index in [1.54, 1.807) is 0 Å². The van der Waals surface area contributed by atoms with E-state index >= 15 is 0 Å². The molecule has 0 bridgehead atoms. The van der Waals surface area contributed by atoms with Crippen molar-refractivity contribution in [2.45, 2.75) is 18.9 Å². The highest BCUT2D eigenvalue weighted by atomic mass is 35.5. The largest absolute Gasteiger partial charge is 0.373 e. The minimum absolute atomic E-state index is 0. The van der Waals surface area contributed by atoms with Crippen molar-refractivity contribution in [3.8, 4) is 0 Å². The third-order valence-electron chi connectivity index (χ3n) is 5.29. The van der Waals surface area contributed by atoms with E-state index in [0.717, 1.165) is 52.2 Å². The van der Waals surface area contributed by atoms with Gasteiger partial charge in [-0.1, -0.05) is 42.5 Å². The first-order chi connectivity index (χ1) is 11.9. The van der Waals surface area contributed by atoms with Crippen molar-refractivity contribution in [2.24, 2.45) is 0 Å². The van der Waals surface area contributed by atoms with Gasteiger partial charge < -0.3 is 9.64 Å². The first-order valence-corrected chi connectivity index (χ1v) is 9.12. The molecule has 2 aliphatic rings. The molecule has 2 aliphatic heterocycles. The first-order valence-electron chi connectivity index (χ1n) is 9.12. The van der Waals surface area contributed by atoms with E-state index in [4.69, 9.17) is 4.74 Å². The number of hydrogen-bond acceptors (Lipinski definition) is 3. The van der Waals surface area contributed by atoms with Gasteiger partial charge in [0.25, 0.3) is 0 Å². The normalized spacial score (nSPS) is 19.8. The molecule has 4 rings (SSSR count). The Morgan fingerprint density at radius 1 is 0.846 bits per heavy atom. The number of halogens is 2. The molecule has 0 spiro atoms. The monoisotopic (exact) mass is 394 g/mol. The predicted molar refractivity (Wildman–Crippen MR) is 113 cm³/mol. The topological polar surface area (TPSA) is 15.7 Å². The molecule has 0 aliphatic carbocycles. The fourth-order valence-corrected chi connectivity index (χ4v) is 3.88. The van der Waals surface area contributed by atoms with Crippen molar-refractivity contribution in [3.63, 3.8) is 0 Å². The van der Waals surface area contributed by atoms with Gasteiger partial charge in [-0.25, -0.2) is 0 Å². The number of hydrogen-bond donors (Lipinski definition) is 0. The van der Waals surface area contributed by atoms with Crippen molar-refractivity contribution < 1.29 is 4.74 Å². The highest BCUT2D eigenvalue weighted by molar-refractivity contribution is 5.85. The Bertz CT molecular complexity index is 660. The molecule has 142 valence electrons. The van der Waals surface area contributed by atoms with Gasteiger partial charge in [0.05, 0.1) is 12.7 Å². The Labute approximate surface area is 169 Å². The van der Waals surface area contributed by atoms with Crippen molar-refractivity contribution in [1.29, 1.82) is 0 Å². The van der Waals surface area contributed by atoms with Crippen LogP contribution in [0.15, 0.2) is 54.6 Å². The molecule has 0 N–H and O–H groups in total. The lowest BCUT2D eigenvalue weighted by Gasteiger charge is -2.37. The molecule has 0 radical (unpaired) electrons. The third-order valence-corrected chi connectivity index (χ3v) is 5.29. The van der Waals surface area contributed by atoms with Crippen molar-refractivity contribution in [1.82, 2.24) is 4.90 Å². The van der Waals surface area contributed by atoms with Crippen LogP contribution in [0.1, 0.15) is 23.7 Å². The maximum Gasteiger partial charge on any atom is 0.0839 e. The summed E-state index contributed by atoms with van der Waals surface area (Å²) in [5.74, 6) is 0. The molecule has 26 heavy (non-hydrogen) atoms. The van der Waals surface area contributed by atoms with Crippen LogP contribution >= 0.6 is 24.8 Å². The molecular formula is C21H28Cl2N2O. The van der Waals surface area contributed by atoms with Crippen molar-refractivity contribution in [3.05, 3.63) is 65.7 Å². The lowest BCUT2D eigenvalue weighted by atomic mass is 9.95. The second-order valence-electron chi connectivity index (χ2n) is 6.76. The second kappa shape index (κ2) is 10.2.